The lowest BCUT2D eigenvalue weighted by atomic mass is 10.2. The average molecular weight is 467 g/mol. The number of aromatic nitrogens is 4. The van der Waals surface area contributed by atoms with E-state index in [-0.39, 0.29) is 31.2 Å². The summed E-state index contributed by atoms with van der Waals surface area (Å²) in [4.78, 5) is 21.4. The van der Waals surface area contributed by atoms with E-state index in [9.17, 15) is 9.18 Å². The molecule has 0 unspecified atom stereocenters. The van der Waals surface area contributed by atoms with Crippen LogP contribution in [0.25, 0.3) is 10.4 Å². The summed E-state index contributed by atoms with van der Waals surface area (Å²) in [6.45, 7) is 3.66. The molecule has 1 fully saturated rings. The van der Waals surface area contributed by atoms with Crippen molar-refractivity contribution in [3.8, 4) is 10.4 Å². The predicted octanol–water partition coefficient (Wildman–Crippen LogP) is 2.29. The molecular weight excluding hydrogens is 443 g/mol. The van der Waals surface area contributed by atoms with Gasteiger partial charge in [0.1, 0.15) is 12.1 Å². The fraction of sp³-hybridized carbons (Fsp3) is 0.350. The third kappa shape index (κ3) is 5.40. The van der Waals surface area contributed by atoms with Crippen LogP contribution in [0, 0.1) is 0 Å². The minimum absolute atomic E-state index is 0. The number of nitrogens with zero attached hydrogens (tertiary/aromatic N) is 5. The highest BCUT2D eigenvalue weighted by Crippen LogP contribution is 2.29. The van der Waals surface area contributed by atoms with Crippen LogP contribution in [0.4, 0.5) is 10.2 Å². The maximum atomic E-state index is 12.7. The predicted molar refractivity (Wildman–Crippen MR) is 122 cm³/mol. The van der Waals surface area contributed by atoms with Crippen molar-refractivity contribution in [3.63, 3.8) is 0 Å². The second-order valence-corrected chi connectivity index (χ2v) is 8.11. The van der Waals surface area contributed by atoms with Crippen molar-refractivity contribution in [3.05, 3.63) is 64.1 Å². The molecule has 3 aromatic heterocycles. The Kier molecular flexibility index (Phi) is 7.97. The summed E-state index contributed by atoms with van der Waals surface area (Å²) >= 11 is 1.60. The maximum absolute atomic E-state index is 12.7. The Morgan fingerprint density at radius 1 is 1.26 bits per heavy atom. The Bertz CT molecular complexity index is 1070. The first kappa shape index (κ1) is 23.1. The van der Waals surface area contributed by atoms with Gasteiger partial charge in [-0.3, -0.25) is 4.57 Å². The fourth-order valence-corrected chi connectivity index (χ4v) is 4.22. The van der Waals surface area contributed by atoms with Gasteiger partial charge >= 0.3 is 5.69 Å². The first-order chi connectivity index (χ1) is 14.7. The third-order valence-electron chi connectivity index (χ3n) is 4.92. The van der Waals surface area contributed by atoms with Crippen LogP contribution in [0.2, 0.25) is 0 Å². The molecule has 1 saturated heterocycles. The lowest BCUT2D eigenvalue weighted by Gasteiger charge is -2.27. The smallest absolute Gasteiger partial charge is 0.346 e. The minimum Gasteiger partial charge on any atom is -0.378 e. The second-order valence-electron chi connectivity index (χ2n) is 6.94. The van der Waals surface area contributed by atoms with Crippen LogP contribution < -0.4 is 16.3 Å². The maximum Gasteiger partial charge on any atom is 0.346 e. The summed E-state index contributed by atoms with van der Waals surface area (Å²) in [6.07, 6.45) is 3.77. The summed E-state index contributed by atoms with van der Waals surface area (Å²) in [5.41, 5.74) is 6.50. The van der Waals surface area contributed by atoms with Gasteiger partial charge < -0.3 is 15.4 Å². The number of pyridine rings is 1. The number of anilines is 1. The second kappa shape index (κ2) is 10.7. The Morgan fingerprint density at radius 2 is 2.06 bits per heavy atom. The van der Waals surface area contributed by atoms with Crippen molar-refractivity contribution in [2.24, 2.45) is 5.73 Å². The molecule has 8 nitrogen and oxygen atoms in total. The number of halogens is 2. The van der Waals surface area contributed by atoms with Crippen LogP contribution in [-0.2, 0) is 17.8 Å². The molecule has 0 bridgehead atoms. The summed E-state index contributed by atoms with van der Waals surface area (Å²) in [7, 11) is 0. The van der Waals surface area contributed by atoms with E-state index in [1.165, 1.54) is 15.6 Å². The molecule has 0 saturated carbocycles. The quantitative estimate of drug-likeness (QED) is 0.574. The van der Waals surface area contributed by atoms with Crippen LogP contribution in [0.3, 0.4) is 0 Å². The molecular formula is C20H24ClFN6O2S. The Labute approximate surface area is 189 Å². The first-order valence-electron chi connectivity index (χ1n) is 9.66. The van der Waals surface area contributed by atoms with Crippen LogP contribution in [0.1, 0.15) is 4.88 Å². The summed E-state index contributed by atoms with van der Waals surface area (Å²) < 4.78 is 20.8. The number of ether oxygens (including phenoxy) is 1. The van der Waals surface area contributed by atoms with Gasteiger partial charge in [-0.05, 0) is 29.8 Å². The van der Waals surface area contributed by atoms with Gasteiger partial charge in [0.2, 0.25) is 0 Å². The SMILES string of the molecule is Cl.NC/C(=C/F)Cn1ncn(Cc2ccc(-c3ccc(N4CCOCC4)nc3)s2)c1=O. The lowest BCUT2D eigenvalue weighted by molar-refractivity contribution is 0.122. The van der Waals surface area contributed by atoms with Crippen molar-refractivity contribution in [2.75, 3.05) is 37.7 Å². The zero-order chi connectivity index (χ0) is 20.9. The Morgan fingerprint density at radius 3 is 2.74 bits per heavy atom. The molecule has 0 aromatic carbocycles. The normalized spacial score (nSPS) is 14.5. The number of thiophene rings is 1. The van der Waals surface area contributed by atoms with Gasteiger partial charge in [0.15, 0.2) is 0 Å². The minimum atomic E-state index is -0.297. The van der Waals surface area contributed by atoms with Gasteiger partial charge in [0, 0.05) is 41.1 Å². The van der Waals surface area contributed by atoms with Crippen molar-refractivity contribution in [1.29, 1.82) is 0 Å². The zero-order valence-corrected chi connectivity index (χ0v) is 18.4. The van der Waals surface area contributed by atoms with Gasteiger partial charge in [0.25, 0.3) is 0 Å². The topological polar surface area (TPSA) is 91.2 Å². The standard InChI is InChI=1S/C20H23FN6O2S.ClH/c21-9-15(10-22)12-27-20(28)26(14-24-27)13-17-2-3-18(30-17)16-1-4-19(23-11-16)25-5-7-29-8-6-25;/h1-4,9,11,14H,5-8,10,12-13,22H2;1H/b15-9-;. The van der Waals surface area contributed by atoms with E-state index in [1.54, 1.807) is 11.3 Å². The highest BCUT2D eigenvalue weighted by molar-refractivity contribution is 7.15. The van der Waals surface area contributed by atoms with Crippen LogP contribution >= 0.6 is 23.7 Å². The summed E-state index contributed by atoms with van der Waals surface area (Å²) in [5, 5.41) is 4.05. The molecule has 3 aromatic rings. The Hall–Kier alpha value is -2.53. The monoisotopic (exact) mass is 466 g/mol. The molecule has 0 amide bonds. The van der Waals surface area contributed by atoms with Gasteiger partial charge in [-0.1, -0.05) is 0 Å². The van der Waals surface area contributed by atoms with E-state index in [4.69, 9.17) is 10.5 Å². The van der Waals surface area contributed by atoms with Crippen molar-refractivity contribution in [1.82, 2.24) is 19.3 Å². The van der Waals surface area contributed by atoms with Gasteiger partial charge in [-0.25, -0.2) is 18.9 Å². The summed E-state index contributed by atoms with van der Waals surface area (Å²) in [5.74, 6) is 0.956. The highest BCUT2D eigenvalue weighted by Gasteiger charge is 2.13. The molecule has 11 heteroatoms. The summed E-state index contributed by atoms with van der Waals surface area (Å²) in [6, 6.07) is 8.11. The third-order valence-corrected chi connectivity index (χ3v) is 6.04. The van der Waals surface area contributed by atoms with Crippen LogP contribution in [0.5, 0.6) is 0 Å². The number of hydrogen-bond donors (Lipinski definition) is 1. The molecule has 0 aliphatic carbocycles. The average Bonchev–Trinajstić information content (AvgIpc) is 3.40. The molecule has 0 atom stereocenters. The number of rotatable bonds is 7. The number of hydrogen-bond acceptors (Lipinski definition) is 7. The van der Waals surface area contributed by atoms with E-state index in [1.807, 2.05) is 24.4 Å². The van der Waals surface area contributed by atoms with E-state index in [2.05, 4.69) is 21.0 Å². The van der Waals surface area contributed by atoms with Gasteiger partial charge in [0.05, 0.1) is 32.6 Å². The Balaban J connectivity index is 0.00000272. The highest BCUT2D eigenvalue weighted by atomic mass is 35.5. The lowest BCUT2D eigenvalue weighted by Crippen LogP contribution is -2.36. The van der Waals surface area contributed by atoms with Crippen molar-refractivity contribution in [2.45, 2.75) is 13.1 Å². The van der Waals surface area contributed by atoms with Gasteiger partial charge in [-0.2, -0.15) is 5.10 Å². The number of nitrogens with two attached hydrogens (primary N) is 1. The van der Waals surface area contributed by atoms with Crippen molar-refractivity contribution < 1.29 is 9.13 Å². The largest absolute Gasteiger partial charge is 0.378 e. The fourth-order valence-electron chi connectivity index (χ4n) is 3.22. The van der Waals surface area contributed by atoms with E-state index in [0.717, 1.165) is 47.4 Å². The number of morpholine rings is 1. The van der Waals surface area contributed by atoms with E-state index in [0.29, 0.717) is 18.4 Å². The molecule has 4 heterocycles. The molecule has 1 aliphatic heterocycles. The van der Waals surface area contributed by atoms with E-state index >= 15 is 0 Å². The van der Waals surface area contributed by atoms with Crippen molar-refractivity contribution >= 4 is 29.6 Å². The van der Waals surface area contributed by atoms with Crippen LogP contribution in [0.15, 0.2) is 53.5 Å². The molecule has 2 N–H and O–H groups in total. The molecule has 31 heavy (non-hydrogen) atoms. The van der Waals surface area contributed by atoms with Gasteiger partial charge in [-0.15, -0.1) is 23.7 Å². The van der Waals surface area contributed by atoms with E-state index < -0.39 is 0 Å². The molecule has 0 spiro atoms. The molecule has 166 valence electrons. The molecule has 1 aliphatic rings. The zero-order valence-electron chi connectivity index (χ0n) is 16.8. The first-order valence-corrected chi connectivity index (χ1v) is 10.5. The molecule has 4 rings (SSSR count). The van der Waals surface area contributed by atoms with Crippen LogP contribution in [-0.4, -0.2) is 52.2 Å². The molecule has 0 radical (unpaired) electrons.